The number of carboxylic acids is 1. The molecule has 43 heavy (non-hydrogen) atoms. The van der Waals surface area contributed by atoms with E-state index in [1.807, 2.05) is 60.7 Å². The molecule has 0 radical (unpaired) electrons. The Kier molecular flexibility index (Phi) is 8.15. The van der Waals surface area contributed by atoms with E-state index in [-0.39, 0.29) is 30.0 Å². The SMILES string of the molecule is Cc1c(C(=O)O)[nH]c(C(=O)N=C(N)N)c1CCC(=O)c1ccc(-c2ccc(-c3ccccn3)nc2-c2ccccn2)cc1. The van der Waals surface area contributed by atoms with Gasteiger partial charge in [0.2, 0.25) is 0 Å². The van der Waals surface area contributed by atoms with Gasteiger partial charge in [-0.1, -0.05) is 36.4 Å². The Morgan fingerprint density at radius 2 is 1.51 bits per heavy atom. The fourth-order valence-corrected chi connectivity index (χ4v) is 4.78. The van der Waals surface area contributed by atoms with Crippen LogP contribution in [0.3, 0.4) is 0 Å². The number of H-pyrrole nitrogens is 1. The molecule has 11 heteroatoms. The Bertz CT molecular complexity index is 1840. The van der Waals surface area contributed by atoms with E-state index in [1.165, 1.54) is 0 Å². The first-order valence-electron chi connectivity index (χ1n) is 13.3. The van der Waals surface area contributed by atoms with E-state index >= 15 is 0 Å². The zero-order valence-electron chi connectivity index (χ0n) is 23.1. The van der Waals surface area contributed by atoms with Crippen LogP contribution in [0.5, 0.6) is 0 Å². The predicted molar refractivity (Wildman–Crippen MR) is 161 cm³/mol. The second-order valence-corrected chi connectivity index (χ2v) is 9.65. The molecule has 11 nitrogen and oxygen atoms in total. The average molecular weight is 574 g/mol. The van der Waals surface area contributed by atoms with E-state index in [2.05, 4.69) is 19.9 Å². The number of aliphatic imine (C=N–C) groups is 1. The Morgan fingerprint density at radius 3 is 2.12 bits per heavy atom. The highest BCUT2D eigenvalue weighted by molar-refractivity contribution is 6.04. The first kappa shape index (κ1) is 28.6. The average Bonchev–Trinajstić information content (AvgIpc) is 3.36. The first-order chi connectivity index (χ1) is 20.7. The summed E-state index contributed by atoms with van der Waals surface area (Å²) in [5.41, 5.74) is 16.1. The minimum atomic E-state index is -1.24. The quantitative estimate of drug-likeness (QED) is 0.112. The highest BCUT2D eigenvalue weighted by Gasteiger charge is 2.24. The molecule has 0 aliphatic carbocycles. The molecule has 4 heterocycles. The van der Waals surface area contributed by atoms with Crippen molar-refractivity contribution >= 4 is 23.6 Å². The van der Waals surface area contributed by atoms with Crippen molar-refractivity contribution in [2.45, 2.75) is 19.8 Å². The molecule has 0 bridgehead atoms. The van der Waals surface area contributed by atoms with Gasteiger partial charge in [-0.2, -0.15) is 4.99 Å². The maximum absolute atomic E-state index is 13.2. The number of aromatic nitrogens is 4. The molecule has 6 N–H and O–H groups in total. The smallest absolute Gasteiger partial charge is 0.352 e. The fourth-order valence-electron chi connectivity index (χ4n) is 4.78. The third-order valence-corrected chi connectivity index (χ3v) is 6.89. The van der Waals surface area contributed by atoms with Crippen LogP contribution in [0.15, 0.2) is 90.2 Å². The molecular weight excluding hydrogens is 546 g/mol. The van der Waals surface area contributed by atoms with Crippen molar-refractivity contribution in [3.8, 4) is 33.9 Å². The van der Waals surface area contributed by atoms with Crippen LogP contribution >= 0.6 is 0 Å². The number of aromatic amines is 1. The number of hydrogen-bond acceptors (Lipinski definition) is 6. The van der Waals surface area contributed by atoms with Crippen LogP contribution in [0.4, 0.5) is 0 Å². The number of hydrogen-bond donors (Lipinski definition) is 4. The number of carbonyl (C=O) groups excluding carboxylic acids is 2. The third kappa shape index (κ3) is 6.20. The van der Waals surface area contributed by atoms with Crippen molar-refractivity contribution < 1.29 is 19.5 Å². The number of rotatable bonds is 9. The highest BCUT2D eigenvalue weighted by atomic mass is 16.4. The maximum Gasteiger partial charge on any atom is 0.352 e. The van der Waals surface area contributed by atoms with Crippen LogP contribution < -0.4 is 11.5 Å². The number of aromatic carboxylic acids is 1. The number of ketones is 1. The topological polar surface area (TPSA) is 190 Å². The molecule has 5 rings (SSSR count). The number of guanidine groups is 1. The maximum atomic E-state index is 13.2. The summed E-state index contributed by atoms with van der Waals surface area (Å²) >= 11 is 0. The number of benzene rings is 1. The molecule has 1 amide bonds. The molecule has 0 atom stereocenters. The Balaban J connectivity index is 1.41. The number of carbonyl (C=O) groups is 3. The predicted octanol–water partition coefficient (Wildman–Crippen LogP) is 4.44. The number of carboxylic acid groups (broad SMARTS) is 1. The first-order valence-corrected chi connectivity index (χ1v) is 13.3. The van der Waals surface area contributed by atoms with Gasteiger partial charge in [-0.3, -0.25) is 19.6 Å². The summed E-state index contributed by atoms with van der Waals surface area (Å²) in [4.78, 5) is 57.2. The summed E-state index contributed by atoms with van der Waals surface area (Å²) in [5, 5.41) is 9.50. The molecule has 214 valence electrons. The van der Waals surface area contributed by atoms with E-state index in [1.54, 1.807) is 31.5 Å². The second-order valence-electron chi connectivity index (χ2n) is 9.65. The van der Waals surface area contributed by atoms with Gasteiger partial charge in [-0.25, -0.2) is 9.78 Å². The molecule has 5 aromatic rings. The lowest BCUT2D eigenvalue weighted by molar-refractivity contribution is 0.0690. The third-order valence-electron chi connectivity index (χ3n) is 6.89. The van der Waals surface area contributed by atoms with E-state index in [0.717, 1.165) is 16.8 Å². The lowest BCUT2D eigenvalue weighted by Gasteiger charge is -2.12. The zero-order chi connectivity index (χ0) is 30.5. The van der Waals surface area contributed by atoms with Crippen molar-refractivity contribution in [2.75, 3.05) is 0 Å². The number of pyridine rings is 3. The summed E-state index contributed by atoms with van der Waals surface area (Å²) in [5.74, 6) is -2.69. The van der Waals surface area contributed by atoms with Crippen LogP contribution in [0.25, 0.3) is 33.9 Å². The minimum absolute atomic E-state index is 0.0265. The van der Waals surface area contributed by atoms with Crippen molar-refractivity contribution in [1.29, 1.82) is 0 Å². The largest absolute Gasteiger partial charge is 0.477 e. The number of Topliss-reactive ketones (excluding diaryl/α,β-unsaturated/α-hetero) is 1. The second kappa shape index (κ2) is 12.3. The van der Waals surface area contributed by atoms with Crippen molar-refractivity contribution in [3.05, 3.63) is 113 Å². The molecule has 0 aliphatic heterocycles. The Morgan fingerprint density at radius 1 is 0.837 bits per heavy atom. The van der Waals surface area contributed by atoms with Crippen LogP contribution in [0, 0.1) is 6.92 Å². The number of amides is 1. The van der Waals surface area contributed by atoms with Gasteiger partial charge in [-0.15, -0.1) is 0 Å². The van der Waals surface area contributed by atoms with Gasteiger partial charge >= 0.3 is 5.97 Å². The van der Waals surface area contributed by atoms with Crippen LogP contribution in [-0.4, -0.2) is 48.7 Å². The van der Waals surface area contributed by atoms with Gasteiger partial charge in [0.05, 0.1) is 22.8 Å². The van der Waals surface area contributed by atoms with Gasteiger partial charge in [0.1, 0.15) is 11.4 Å². The Hall–Kier alpha value is -5.97. The number of nitrogens with one attached hydrogen (secondary N) is 1. The van der Waals surface area contributed by atoms with Crippen LogP contribution in [0.1, 0.15) is 48.9 Å². The van der Waals surface area contributed by atoms with E-state index in [0.29, 0.717) is 33.8 Å². The molecule has 0 unspecified atom stereocenters. The monoisotopic (exact) mass is 573 g/mol. The van der Waals surface area contributed by atoms with Gasteiger partial charge in [-0.05, 0) is 66.4 Å². The normalized spacial score (nSPS) is 10.7. The fraction of sp³-hybridized carbons (Fsp3) is 0.0938. The standard InChI is InChI=1S/C32H27N7O4/c1-18-21(29(30(41)39-32(33)34)38-27(18)31(42)43)13-15-26(40)20-10-8-19(9-11-20)22-12-14-24(23-6-2-4-16-35-23)37-28(22)25-7-3-5-17-36-25/h2-12,14,16-17,38H,13,15H2,1H3,(H,42,43)(H4,33,34,39,41). The summed E-state index contributed by atoms with van der Waals surface area (Å²) in [6, 6.07) is 22.3. The van der Waals surface area contributed by atoms with Gasteiger partial charge in [0.25, 0.3) is 5.91 Å². The summed E-state index contributed by atoms with van der Waals surface area (Å²) < 4.78 is 0. The van der Waals surface area contributed by atoms with E-state index in [9.17, 15) is 19.5 Å². The van der Waals surface area contributed by atoms with Gasteiger partial charge in [0, 0.05) is 29.9 Å². The molecule has 1 aromatic carbocycles. The summed E-state index contributed by atoms with van der Waals surface area (Å²) in [6.45, 7) is 1.56. The zero-order valence-corrected chi connectivity index (χ0v) is 23.1. The van der Waals surface area contributed by atoms with E-state index < -0.39 is 17.8 Å². The van der Waals surface area contributed by atoms with Crippen LogP contribution in [0.2, 0.25) is 0 Å². The molecule has 0 spiro atoms. The van der Waals surface area contributed by atoms with Gasteiger partial charge in [0.15, 0.2) is 11.7 Å². The molecule has 0 saturated heterocycles. The highest BCUT2D eigenvalue weighted by Crippen LogP contribution is 2.32. The lowest BCUT2D eigenvalue weighted by atomic mass is 9.96. The number of nitrogens with two attached hydrogens (primary N) is 2. The van der Waals surface area contributed by atoms with Crippen molar-refractivity contribution in [1.82, 2.24) is 19.9 Å². The summed E-state index contributed by atoms with van der Waals surface area (Å²) in [7, 11) is 0. The van der Waals surface area contributed by atoms with Gasteiger partial charge < -0.3 is 21.6 Å². The molecule has 0 fully saturated rings. The minimum Gasteiger partial charge on any atom is -0.477 e. The van der Waals surface area contributed by atoms with Crippen molar-refractivity contribution in [2.24, 2.45) is 16.5 Å². The van der Waals surface area contributed by atoms with E-state index in [4.69, 9.17) is 16.5 Å². The molecular formula is C32H27N7O4. The van der Waals surface area contributed by atoms with Crippen LogP contribution in [-0.2, 0) is 6.42 Å². The van der Waals surface area contributed by atoms with Crippen molar-refractivity contribution in [3.63, 3.8) is 0 Å². The summed E-state index contributed by atoms with van der Waals surface area (Å²) in [6.07, 6.45) is 3.56. The lowest BCUT2D eigenvalue weighted by Crippen LogP contribution is -2.24. The molecule has 4 aromatic heterocycles. The number of nitrogens with zero attached hydrogens (tertiary/aromatic N) is 4. The molecule has 0 saturated carbocycles. The molecule has 0 aliphatic rings. The Labute approximate surface area is 246 Å².